The van der Waals surface area contributed by atoms with Gasteiger partial charge in [-0.05, 0) is 0 Å². The van der Waals surface area contributed by atoms with E-state index in [1.54, 1.807) is 13.8 Å². The Kier molecular flexibility index (Phi) is 11.1. The van der Waals surface area contributed by atoms with E-state index in [4.69, 9.17) is 16.2 Å². The molecule has 2 N–H and O–H groups in total. The van der Waals surface area contributed by atoms with Crippen molar-refractivity contribution in [2.75, 3.05) is 19.0 Å². The zero-order valence-electron chi connectivity index (χ0n) is 24.5. The SMILES string of the molecule is CC(=O)NC(C(=S)NCCCCCP(OS(C)(=O)=O)(c1ccccc1)(c1ccccc1)c1ccccc1)C(C)(C)N=O. The Morgan fingerprint density at radius 2 is 1.33 bits per heavy atom. The third-order valence-electron chi connectivity index (χ3n) is 7.32. The van der Waals surface area contributed by atoms with E-state index in [0.29, 0.717) is 30.5 Å². The van der Waals surface area contributed by atoms with Gasteiger partial charge in [-0.3, -0.25) is 0 Å². The van der Waals surface area contributed by atoms with Crippen LogP contribution in [-0.2, 0) is 18.9 Å². The Bertz CT molecular complexity index is 1370. The van der Waals surface area contributed by atoms with Gasteiger partial charge in [-0.15, -0.1) is 0 Å². The number of carbonyl (C=O) groups excluding carboxylic acids is 1. The summed E-state index contributed by atoms with van der Waals surface area (Å²) >= 11 is 5.51. The number of unbranched alkanes of at least 4 members (excludes halogenated alkanes) is 2. The first-order chi connectivity index (χ1) is 19.8. The minimum atomic E-state index is -4.01. The van der Waals surface area contributed by atoms with Crippen molar-refractivity contribution in [3.8, 4) is 0 Å². The number of hydrogen-bond acceptors (Lipinski definition) is 7. The third kappa shape index (κ3) is 7.48. The van der Waals surface area contributed by atoms with E-state index < -0.39 is 28.5 Å². The second-order valence-electron chi connectivity index (χ2n) is 11.0. The van der Waals surface area contributed by atoms with Crippen molar-refractivity contribution in [1.82, 2.24) is 10.6 Å². The van der Waals surface area contributed by atoms with Crippen molar-refractivity contribution in [3.63, 3.8) is 0 Å². The van der Waals surface area contributed by atoms with Crippen LogP contribution in [0.4, 0.5) is 0 Å². The first kappa shape index (κ1) is 33.5. The maximum absolute atomic E-state index is 13.2. The molecule has 0 spiro atoms. The van der Waals surface area contributed by atoms with Crippen LogP contribution < -0.4 is 26.5 Å². The van der Waals surface area contributed by atoms with Crippen molar-refractivity contribution < 1.29 is 17.2 Å². The van der Waals surface area contributed by atoms with E-state index in [0.717, 1.165) is 28.6 Å². The Hall–Kier alpha value is -3.04. The molecule has 0 aliphatic carbocycles. The minimum absolute atomic E-state index is 0.305. The molecule has 0 saturated carbocycles. The Labute approximate surface area is 254 Å². The van der Waals surface area contributed by atoms with E-state index in [1.165, 1.54) is 6.92 Å². The van der Waals surface area contributed by atoms with Crippen molar-refractivity contribution in [3.05, 3.63) is 95.9 Å². The molecular formula is C31H40N3O5PS2. The fourth-order valence-corrected chi connectivity index (χ4v) is 14.5. The van der Waals surface area contributed by atoms with Crippen LogP contribution in [0.3, 0.4) is 0 Å². The summed E-state index contributed by atoms with van der Waals surface area (Å²) in [4.78, 5) is 23.5. The molecule has 0 aromatic heterocycles. The van der Waals surface area contributed by atoms with Crippen LogP contribution in [0.2, 0.25) is 0 Å². The first-order valence-corrected chi connectivity index (χ1v) is 18.4. The second kappa shape index (κ2) is 14.0. The number of carbonyl (C=O) groups is 1. The molecule has 0 aliphatic rings. The summed E-state index contributed by atoms with van der Waals surface area (Å²) in [6, 6.07) is 28.3. The van der Waals surface area contributed by atoms with Crippen molar-refractivity contribution in [2.45, 2.75) is 51.6 Å². The number of nitroso groups, excluding NO2 is 1. The number of amides is 1. The van der Waals surface area contributed by atoms with Gasteiger partial charge in [0.05, 0.1) is 0 Å². The van der Waals surface area contributed by atoms with Crippen LogP contribution in [0.1, 0.15) is 40.0 Å². The fourth-order valence-electron chi connectivity index (χ4n) is 5.38. The average Bonchev–Trinajstić information content (AvgIpc) is 2.97. The van der Waals surface area contributed by atoms with Crippen molar-refractivity contribution >= 4 is 56.0 Å². The summed E-state index contributed by atoms with van der Waals surface area (Å²) in [6.45, 7) is 1.11. The summed E-state index contributed by atoms with van der Waals surface area (Å²) in [5, 5.41) is 11.6. The van der Waals surface area contributed by atoms with E-state index in [2.05, 4.69) is 15.8 Å². The van der Waals surface area contributed by atoms with Gasteiger partial charge in [-0.25, -0.2) is 0 Å². The molecule has 0 saturated heterocycles. The quantitative estimate of drug-likeness (QED) is 0.110. The molecular weight excluding hydrogens is 589 g/mol. The van der Waals surface area contributed by atoms with Gasteiger partial charge in [-0.2, -0.15) is 0 Å². The molecule has 0 aliphatic heterocycles. The summed E-state index contributed by atoms with van der Waals surface area (Å²) in [7, 11) is -3.92. The molecule has 11 heteroatoms. The summed E-state index contributed by atoms with van der Waals surface area (Å²) in [5.41, 5.74) is -1.11. The Balaban J connectivity index is 1.95. The van der Waals surface area contributed by atoms with Gasteiger partial charge in [-0.1, -0.05) is 0 Å². The maximum atomic E-state index is 13.2. The second-order valence-corrected chi connectivity index (χ2v) is 17.8. The van der Waals surface area contributed by atoms with E-state index >= 15 is 0 Å². The summed E-state index contributed by atoms with van der Waals surface area (Å²) in [6.07, 6.45) is 3.71. The van der Waals surface area contributed by atoms with Gasteiger partial charge >= 0.3 is 255 Å². The molecule has 226 valence electrons. The molecule has 0 radical (unpaired) electrons. The number of nitrogens with zero attached hydrogens (tertiary/aromatic N) is 1. The molecule has 8 nitrogen and oxygen atoms in total. The van der Waals surface area contributed by atoms with E-state index in [9.17, 15) is 18.1 Å². The van der Waals surface area contributed by atoms with Crippen LogP contribution in [0.5, 0.6) is 0 Å². The van der Waals surface area contributed by atoms with Crippen molar-refractivity contribution in [2.24, 2.45) is 5.18 Å². The molecule has 3 aromatic rings. The zero-order chi connectivity index (χ0) is 30.9. The predicted octanol–water partition coefficient (Wildman–Crippen LogP) is 4.54. The molecule has 0 fully saturated rings. The Morgan fingerprint density at radius 3 is 1.71 bits per heavy atom. The Morgan fingerprint density at radius 1 is 0.881 bits per heavy atom. The van der Waals surface area contributed by atoms with Gasteiger partial charge in [0, 0.05) is 0 Å². The molecule has 3 aromatic carbocycles. The topological polar surface area (TPSA) is 114 Å². The number of hydrogen-bond donors (Lipinski definition) is 2. The van der Waals surface area contributed by atoms with E-state index in [-0.39, 0.29) is 5.91 Å². The number of thiocarbonyl (C=S) groups is 1. The monoisotopic (exact) mass is 629 g/mol. The third-order valence-corrected chi connectivity index (χ3v) is 15.4. The van der Waals surface area contributed by atoms with Crippen molar-refractivity contribution in [1.29, 1.82) is 0 Å². The summed E-state index contributed by atoms with van der Waals surface area (Å²) in [5.74, 6) is -0.305. The fraction of sp³-hybridized carbons (Fsp3) is 0.355. The summed E-state index contributed by atoms with van der Waals surface area (Å²) < 4.78 is 32.8. The number of rotatable bonds is 15. The van der Waals surface area contributed by atoms with Gasteiger partial charge in [0.2, 0.25) is 0 Å². The van der Waals surface area contributed by atoms with Gasteiger partial charge in [0.15, 0.2) is 0 Å². The molecule has 1 unspecified atom stereocenters. The average molecular weight is 630 g/mol. The predicted molar refractivity (Wildman–Crippen MR) is 178 cm³/mol. The van der Waals surface area contributed by atoms with Crippen LogP contribution in [0, 0.1) is 4.91 Å². The molecule has 1 amide bonds. The molecule has 0 bridgehead atoms. The van der Waals surface area contributed by atoms with Crippen LogP contribution in [-0.4, -0.2) is 49.9 Å². The van der Waals surface area contributed by atoms with Crippen LogP contribution in [0.25, 0.3) is 0 Å². The number of benzene rings is 3. The molecule has 0 heterocycles. The van der Waals surface area contributed by atoms with Crippen LogP contribution in [0.15, 0.2) is 96.2 Å². The normalized spacial score (nSPS) is 13.8. The molecule has 3 rings (SSSR count). The van der Waals surface area contributed by atoms with Gasteiger partial charge in [0.25, 0.3) is 0 Å². The van der Waals surface area contributed by atoms with E-state index in [1.807, 2.05) is 91.0 Å². The van der Waals surface area contributed by atoms with Gasteiger partial charge < -0.3 is 0 Å². The zero-order valence-corrected chi connectivity index (χ0v) is 27.1. The van der Waals surface area contributed by atoms with Gasteiger partial charge in [0.1, 0.15) is 0 Å². The number of nitrogens with one attached hydrogen (secondary N) is 2. The molecule has 1 atom stereocenters. The molecule has 42 heavy (non-hydrogen) atoms. The first-order valence-electron chi connectivity index (χ1n) is 13.8. The van der Waals surface area contributed by atoms with Crippen LogP contribution >= 0.6 is 19.0 Å². The standard InChI is InChI=1S/C31H40N3O5PS2/c1-25(35)33-29(31(2,3)34-36)30(41)32-23-15-8-16-24-40(39-42(4,37)38,26-17-9-5-10-18-26,27-19-11-6-12-20-27)28-21-13-7-14-22-28/h5-7,9-14,17-22,29H,8,15-16,23-24H2,1-4H3,(H,32,41)(H,33,35).